The number of aryl methyl sites for hydroxylation is 2. The zero-order valence-corrected chi connectivity index (χ0v) is 24.9. The minimum absolute atomic E-state index is 0.0121. The minimum Gasteiger partial charge on any atom is -0.354 e. The molecular weight excluding hydrogens is 553 g/mol. The molecule has 1 N–H and O–H groups in total. The topological polar surface area (TPSA) is 86.8 Å². The maximum Gasteiger partial charge on any atom is 0.264 e. The molecule has 3 aromatic carbocycles. The summed E-state index contributed by atoms with van der Waals surface area (Å²) in [5.74, 6) is -1.22. The van der Waals surface area contributed by atoms with Crippen molar-refractivity contribution in [2.75, 3.05) is 17.4 Å². The van der Waals surface area contributed by atoms with Gasteiger partial charge in [0.2, 0.25) is 11.8 Å². The molecule has 0 radical (unpaired) electrons. The first kappa shape index (κ1) is 31.1. The van der Waals surface area contributed by atoms with Gasteiger partial charge in [0.05, 0.1) is 10.6 Å². The number of benzene rings is 3. The molecule has 0 spiro atoms. The van der Waals surface area contributed by atoms with Crippen LogP contribution in [0, 0.1) is 25.6 Å². The van der Waals surface area contributed by atoms with E-state index in [4.69, 9.17) is 11.6 Å². The predicted octanol–water partition coefficient (Wildman–Crippen LogP) is 5.48. The molecule has 0 saturated carbocycles. The Morgan fingerprint density at radius 3 is 2.17 bits per heavy atom. The van der Waals surface area contributed by atoms with Crippen LogP contribution in [0.3, 0.4) is 0 Å². The van der Waals surface area contributed by atoms with Gasteiger partial charge >= 0.3 is 0 Å². The van der Waals surface area contributed by atoms with Crippen LogP contribution in [0.2, 0.25) is 5.02 Å². The summed E-state index contributed by atoms with van der Waals surface area (Å²) in [6.45, 7) is 8.87. The third kappa shape index (κ3) is 7.82. The third-order valence-corrected chi connectivity index (χ3v) is 8.45. The Morgan fingerprint density at radius 2 is 1.57 bits per heavy atom. The second-order valence-corrected chi connectivity index (χ2v) is 12.5. The molecule has 40 heavy (non-hydrogen) atoms. The maximum absolute atomic E-state index is 13.9. The monoisotopic (exact) mass is 587 g/mol. The lowest BCUT2D eigenvalue weighted by atomic mass is 10.1. The number of nitrogens with zero attached hydrogens (tertiary/aromatic N) is 2. The highest BCUT2D eigenvalue weighted by atomic mass is 35.5. The molecule has 0 saturated heterocycles. The Labute approximate surface area is 241 Å². The van der Waals surface area contributed by atoms with E-state index in [0.29, 0.717) is 22.7 Å². The molecule has 0 aliphatic carbocycles. The van der Waals surface area contributed by atoms with Crippen molar-refractivity contribution < 1.29 is 22.4 Å². The first-order valence-corrected chi connectivity index (χ1v) is 14.8. The fraction of sp³-hybridized carbons (Fsp3) is 0.333. The van der Waals surface area contributed by atoms with Crippen LogP contribution in [0.1, 0.15) is 37.5 Å². The summed E-state index contributed by atoms with van der Waals surface area (Å²) in [6.07, 6.45) is 0. The maximum atomic E-state index is 13.9. The minimum atomic E-state index is -4.21. The molecule has 0 aliphatic heterocycles. The van der Waals surface area contributed by atoms with E-state index in [1.54, 1.807) is 38.1 Å². The number of sulfonamides is 1. The van der Waals surface area contributed by atoms with Crippen LogP contribution in [-0.4, -0.2) is 44.3 Å². The Hall–Kier alpha value is -3.43. The van der Waals surface area contributed by atoms with Gasteiger partial charge in [0.15, 0.2) is 0 Å². The highest BCUT2D eigenvalue weighted by molar-refractivity contribution is 7.92. The number of hydrogen-bond donors (Lipinski definition) is 1. The van der Waals surface area contributed by atoms with E-state index in [0.717, 1.165) is 9.87 Å². The molecule has 214 valence electrons. The number of carbonyl (C=O) groups is 2. The summed E-state index contributed by atoms with van der Waals surface area (Å²) in [4.78, 5) is 28.3. The summed E-state index contributed by atoms with van der Waals surface area (Å²) in [6, 6.07) is 15.8. The van der Waals surface area contributed by atoms with E-state index < -0.39 is 34.3 Å². The highest BCUT2D eigenvalue weighted by Gasteiger charge is 2.33. The van der Waals surface area contributed by atoms with Crippen LogP contribution in [0.25, 0.3) is 0 Å². The van der Waals surface area contributed by atoms with Gasteiger partial charge < -0.3 is 10.2 Å². The second kappa shape index (κ2) is 13.3. The zero-order chi connectivity index (χ0) is 29.6. The van der Waals surface area contributed by atoms with E-state index >= 15 is 0 Å². The van der Waals surface area contributed by atoms with Crippen LogP contribution < -0.4 is 9.62 Å². The van der Waals surface area contributed by atoms with Gasteiger partial charge in [0.1, 0.15) is 18.4 Å². The Morgan fingerprint density at radius 1 is 0.950 bits per heavy atom. The first-order valence-electron chi connectivity index (χ1n) is 13.0. The number of carbonyl (C=O) groups excluding carboxylic acids is 2. The number of rotatable bonds is 11. The molecule has 0 bridgehead atoms. The van der Waals surface area contributed by atoms with Gasteiger partial charge in [-0.15, -0.1) is 0 Å². The van der Waals surface area contributed by atoms with Gasteiger partial charge in [-0.3, -0.25) is 13.9 Å². The van der Waals surface area contributed by atoms with Crippen molar-refractivity contribution in [1.29, 1.82) is 0 Å². The number of hydrogen-bond acceptors (Lipinski definition) is 4. The second-order valence-electron chi connectivity index (χ2n) is 10.2. The van der Waals surface area contributed by atoms with E-state index in [1.807, 2.05) is 20.8 Å². The fourth-order valence-corrected chi connectivity index (χ4v) is 5.66. The number of halogens is 2. The summed E-state index contributed by atoms with van der Waals surface area (Å²) >= 11 is 6.25. The Balaban J connectivity index is 2.05. The van der Waals surface area contributed by atoms with Crippen molar-refractivity contribution in [3.8, 4) is 0 Å². The summed E-state index contributed by atoms with van der Waals surface area (Å²) in [5.41, 5.74) is 2.32. The van der Waals surface area contributed by atoms with Gasteiger partial charge in [0.25, 0.3) is 10.0 Å². The van der Waals surface area contributed by atoms with Crippen LogP contribution in [0.4, 0.5) is 10.1 Å². The van der Waals surface area contributed by atoms with Gasteiger partial charge in [-0.1, -0.05) is 61.3 Å². The van der Waals surface area contributed by atoms with Crippen molar-refractivity contribution >= 4 is 39.1 Å². The lowest BCUT2D eigenvalue weighted by Gasteiger charge is -2.32. The highest BCUT2D eigenvalue weighted by Crippen LogP contribution is 2.30. The van der Waals surface area contributed by atoms with E-state index in [2.05, 4.69) is 5.32 Å². The van der Waals surface area contributed by atoms with Crippen LogP contribution in [0.15, 0.2) is 71.6 Å². The lowest BCUT2D eigenvalue weighted by Crippen LogP contribution is -2.51. The lowest BCUT2D eigenvalue weighted by molar-refractivity contribution is -0.139. The predicted molar refractivity (Wildman–Crippen MR) is 156 cm³/mol. The van der Waals surface area contributed by atoms with Crippen molar-refractivity contribution in [3.05, 3.63) is 94.3 Å². The quantitative estimate of drug-likeness (QED) is 0.322. The fourth-order valence-electron chi connectivity index (χ4n) is 4.02. The van der Waals surface area contributed by atoms with Gasteiger partial charge in [-0.25, -0.2) is 12.8 Å². The van der Waals surface area contributed by atoms with Gasteiger partial charge in [-0.2, -0.15) is 0 Å². The molecule has 3 aromatic rings. The molecule has 0 aromatic heterocycles. The van der Waals surface area contributed by atoms with E-state index in [-0.39, 0.29) is 29.0 Å². The number of amides is 2. The Kier molecular flexibility index (Phi) is 10.3. The number of nitrogens with one attached hydrogen (secondary N) is 1. The molecule has 1 atom stereocenters. The Bertz CT molecular complexity index is 1440. The van der Waals surface area contributed by atoms with E-state index in [1.165, 1.54) is 47.4 Å². The summed E-state index contributed by atoms with van der Waals surface area (Å²) in [5, 5.41) is 3.14. The molecule has 0 unspecified atom stereocenters. The van der Waals surface area contributed by atoms with Gasteiger partial charge in [-0.05, 0) is 74.2 Å². The van der Waals surface area contributed by atoms with Crippen LogP contribution >= 0.6 is 11.6 Å². The zero-order valence-electron chi connectivity index (χ0n) is 23.3. The molecule has 3 rings (SSSR count). The van der Waals surface area contributed by atoms with Gasteiger partial charge in [0, 0.05) is 18.1 Å². The molecule has 0 fully saturated rings. The van der Waals surface area contributed by atoms with Crippen LogP contribution in [0.5, 0.6) is 0 Å². The summed E-state index contributed by atoms with van der Waals surface area (Å²) in [7, 11) is -4.21. The van der Waals surface area contributed by atoms with E-state index in [9.17, 15) is 22.4 Å². The molecule has 0 heterocycles. The average molecular weight is 588 g/mol. The smallest absolute Gasteiger partial charge is 0.264 e. The largest absolute Gasteiger partial charge is 0.354 e. The molecule has 10 heteroatoms. The first-order chi connectivity index (χ1) is 18.8. The van der Waals surface area contributed by atoms with Crippen molar-refractivity contribution in [2.24, 2.45) is 5.92 Å². The van der Waals surface area contributed by atoms with Crippen molar-refractivity contribution in [1.82, 2.24) is 10.2 Å². The van der Waals surface area contributed by atoms with Crippen LogP contribution in [-0.2, 0) is 26.2 Å². The molecular formula is C30H35ClFN3O4S. The normalized spacial score (nSPS) is 12.2. The molecule has 7 nitrogen and oxygen atoms in total. The standard InChI is InChI=1S/C30H35ClFN3O4S/c1-20(2)17-33-30(37)23(5)34(18-24-9-12-26(32)13-10-24)29(36)19-35(28-16-25(31)11-8-22(28)4)40(38,39)27-14-6-21(3)7-15-27/h6-16,20,23H,17-19H2,1-5H3,(H,33,37)/t23-/m1/s1. The third-order valence-electron chi connectivity index (χ3n) is 6.45. The van der Waals surface area contributed by atoms with Crippen molar-refractivity contribution in [3.63, 3.8) is 0 Å². The summed E-state index contributed by atoms with van der Waals surface area (Å²) < 4.78 is 42.5. The number of anilines is 1. The van der Waals surface area contributed by atoms with Crippen molar-refractivity contribution in [2.45, 2.75) is 52.1 Å². The molecule has 0 aliphatic rings. The average Bonchev–Trinajstić information content (AvgIpc) is 2.91. The SMILES string of the molecule is Cc1ccc(S(=O)(=O)N(CC(=O)N(Cc2ccc(F)cc2)[C@H](C)C(=O)NCC(C)C)c2cc(Cl)ccc2C)cc1. The molecule has 2 amide bonds.